The van der Waals surface area contributed by atoms with Crippen molar-refractivity contribution in [2.45, 2.75) is 38.1 Å². The number of amides is 1. The molecule has 1 amide bonds. The molecule has 2 aliphatic rings. The number of nitrogens with zero attached hydrogens (tertiary/aromatic N) is 3. The first-order valence-corrected chi connectivity index (χ1v) is 10.2. The van der Waals surface area contributed by atoms with E-state index >= 15 is 0 Å². The van der Waals surface area contributed by atoms with Crippen molar-refractivity contribution in [3.63, 3.8) is 0 Å². The van der Waals surface area contributed by atoms with E-state index in [1.54, 1.807) is 0 Å². The number of nitrogens with one attached hydrogen (secondary N) is 1. The second-order valence-electron chi connectivity index (χ2n) is 8.05. The third-order valence-corrected chi connectivity index (χ3v) is 6.19. The van der Waals surface area contributed by atoms with E-state index in [4.69, 9.17) is 9.63 Å². The number of carboxylic acid groups (broad SMARTS) is 1. The minimum absolute atomic E-state index is 0.0999. The first-order valence-electron chi connectivity index (χ1n) is 10.2. The Bertz CT molecular complexity index is 859. The Hall–Kier alpha value is -2.42. The van der Waals surface area contributed by atoms with Gasteiger partial charge in [0.15, 0.2) is 23.0 Å². The summed E-state index contributed by atoms with van der Waals surface area (Å²) >= 11 is 0. The fraction of sp³-hybridized carbons (Fsp3) is 0.600. The number of anilines is 1. The molecule has 0 spiro atoms. The van der Waals surface area contributed by atoms with Crippen molar-refractivity contribution in [1.82, 2.24) is 15.4 Å². The zero-order valence-electron chi connectivity index (χ0n) is 16.2. The van der Waals surface area contributed by atoms with Gasteiger partial charge in [0.25, 0.3) is 0 Å². The van der Waals surface area contributed by atoms with Gasteiger partial charge in [-0.05, 0) is 50.6 Å². The lowest BCUT2D eigenvalue weighted by atomic mass is 9.84. The fourth-order valence-electron chi connectivity index (χ4n) is 4.47. The molecule has 2 fully saturated rings. The maximum absolute atomic E-state index is 13.6. The number of hydrogen-bond acceptors (Lipinski definition) is 5. The number of benzene rings is 1. The highest BCUT2D eigenvalue weighted by molar-refractivity contribution is 5.88. The zero-order chi connectivity index (χ0) is 20.4. The largest absolute Gasteiger partial charge is 0.465 e. The molecule has 9 heteroatoms. The first-order chi connectivity index (χ1) is 14.0. The van der Waals surface area contributed by atoms with Crippen LogP contribution in [0.4, 0.5) is 19.4 Å². The molecule has 1 aromatic heterocycles. The van der Waals surface area contributed by atoms with Crippen molar-refractivity contribution in [2.24, 2.45) is 5.92 Å². The molecular weight excluding hydrogens is 382 g/mol. The summed E-state index contributed by atoms with van der Waals surface area (Å²) in [6.45, 7) is 4.31. The lowest BCUT2D eigenvalue weighted by Crippen LogP contribution is -2.47. The van der Waals surface area contributed by atoms with Crippen LogP contribution in [0.2, 0.25) is 0 Å². The highest BCUT2D eigenvalue weighted by Crippen LogP contribution is 2.30. The summed E-state index contributed by atoms with van der Waals surface area (Å²) in [7, 11) is 0. The van der Waals surface area contributed by atoms with E-state index in [-0.39, 0.29) is 11.6 Å². The number of hydrogen-bond donors (Lipinski definition) is 2. The predicted molar refractivity (Wildman–Crippen MR) is 104 cm³/mol. The second-order valence-corrected chi connectivity index (χ2v) is 8.05. The zero-order valence-corrected chi connectivity index (χ0v) is 16.2. The molecule has 2 aromatic rings. The van der Waals surface area contributed by atoms with Crippen LogP contribution in [0.15, 0.2) is 16.7 Å². The van der Waals surface area contributed by atoms with Gasteiger partial charge in [0.1, 0.15) is 0 Å². The summed E-state index contributed by atoms with van der Waals surface area (Å²) < 4.78 is 32.1. The molecule has 2 heterocycles. The fourth-order valence-corrected chi connectivity index (χ4v) is 4.47. The summed E-state index contributed by atoms with van der Waals surface area (Å²) in [6, 6.07) is 2.29. The van der Waals surface area contributed by atoms with Crippen molar-refractivity contribution in [1.29, 1.82) is 0 Å². The number of carbonyl (C=O) groups is 1. The molecule has 0 radical (unpaired) electrons. The van der Waals surface area contributed by atoms with E-state index < -0.39 is 17.7 Å². The Labute approximate surface area is 167 Å². The van der Waals surface area contributed by atoms with Crippen LogP contribution >= 0.6 is 0 Å². The van der Waals surface area contributed by atoms with Crippen molar-refractivity contribution in [3.05, 3.63) is 23.8 Å². The predicted octanol–water partition coefficient (Wildman–Crippen LogP) is 3.44. The lowest BCUT2D eigenvalue weighted by Gasteiger charge is -2.36. The average molecular weight is 408 g/mol. The Morgan fingerprint density at radius 1 is 1.14 bits per heavy atom. The van der Waals surface area contributed by atoms with E-state index in [0.29, 0.717) is 17.1 Å². The molecule has 4 rings (SSSR count). The van der Waals surface area contributed by atoms with Gasteiger partial charge in [0, 0.05) is 38.3 Å². The molecule has 2 N–H and O–H groups in total. The van der Waals surface area contributed by atoms with Gasteiger partial charge in [0.2, 0.25) is 0 Å². The molecule has 29 heavy (non-hydrogen) atoms. The van der Waals surface area contributed by atoms with Gasteiger partial charge in [-0.25, -0.2) is 13.6 Å². The minimum atomic E-state index is -0.933. The average Bonchev–Trinajstić information content (AvgIpc) is 3.10. The maximum Gasteiger partial charge on any atom is 0.404 e. The quantitative estimate of drug-likeness (QED) is 0.789. The van der Waals surface area contributed by atoms with Crippen molar-refractivity contribution >= 4 is 22.9 Å². The van der Waals surface area contributed by atoms with Gasteiger partial charge in [-0.3, -0.25) is 4.90 Å². The molecule has 158 valence electrons. The van der Waals surface area contributed by atoms with Gasteiger partial charge >= 0.3 is 6.09 Å². The van der Waals surface area contributed by atoms with Crippen molar-refractivity contribution < 1.29 is 23.2 Å². The third kappa shape index (κ3) is 4.60. The van der Waals surface area contributed by atoms with E-state index in [1.165, 1.54) is 0 Å². The Balaban J connectivity index is 1.24. The van der Waals surface area contributed by atoms with Crippen LogP contribution < -0.4 is 10.2 Å². The second kappa shape index (κ2) is 8.52. The van der Waals surface area contributed by atoms with Gasteiger partial charge < -0.3 is 19.8 Å². The molecule has 1 aliphatic carbocycles. The SMILES string of the molecule is O=C(O)NC1CCC(CCN2CCN(c3noc4cc(F)c(F)cc34)CC2)CC1. The Kier molecular flexibility index (Phi) is 5.84. The summed E-state index contributed by atoms with van der Waals surface area (Å²) in [4.78, 5) is 15.2. The number of fused-ring (bicyclic) bond motifs is 1. The Morgan fingerprint density at radius 2 is 1.83 bits per heavy atom. The summed E-state index contributed by atoms with van der Waals surface area (Å²) in [6.07, 6.45) is 4.16. The summed E-state index contributed by atoms with van der Waals surface area (Å²) in [5, 5.41) is 15.9. The minimum Gasteiger partial charge on any atom is -0.465 e. The van der Waals surface area contributed by atoms with Crippen LogP contribution in [0.1, 0.15) is 32.1 Å². The molecule has 0 bridgehead atoms. The van der Waals surface area contributed by atoms with Crippen molar-refractivity contribution in [2.75, 3.05) is 37.6 Å². The van der Waals surface area contributed by atoms with Crippen LogP contribution in [0.25, 0.3) is 11.0 Å². The molecule has 1 aliphatic heterocycles. The summed E-state index contributed by atoms with van der Waals surface area (Å²) in [5.41, 5.74) is 0.259. The summed E-state index contributed by atoms with van der Waals surface area (Å²) in [5.74, 6) is -0.605. The molecule has 0 atom stereocenters. The van der Waals surface area contributed by atoms with E-state index in [1.807, 2.05) is 0 Å². The highest BCUT2D eigenvalue weighted by Gasteiger charge is 2.25. The molecule has 1 saturated carbocycles. The highest BCUT2D eigenvalue weighted by atomic mass is 19.2. The standard InChI is InChI=1S/C20H26F2N4O3/c21-16-11-15-18(12-17(16)22)29-24-19(15)26-9-7-25(8-10-26)6-5-13-1-3-14(4-2-13)23-20(27)28/h11-14,23H,1-10H2,(H,27,28). The van der Waals surface area contributed by atoms with E-state index in [2.05, 4.69) is 20.3 Å². The molecular formula is C20H26F2N4O3. The van der Waals surface area contributed by atoms with Crippen molar-refractivity contribution in [3.8, 4) is 0 Å². The number of piperazine rings is 1. The van der Waals surface area contributed by atoms with Gasteiger partial charge in [-0.1, -0.05) is 5.16 Å². The molecule has 7 nitrogen and oxygen atoms in total. The number of rotatable bonds is 5. The normalized spacial score (nSPS) is 23.4. The van der Waals surface area contributed by atoms with Gasteiger partial charge in [0.05, 0.1) is 5.39 Å². The van der Waals surface area contributed by atoms with Gasteiger partial charge in [-0.2, -0.15) is 0 Å². The number of halogens is 2. The van der Waals surface area contributed by atoms with Gasteiger partial charge in [-0.15, -0.1) is 0 Å². The van der Waals surface area contributed by atoms with Crippen LogP contribution in [0.3, 0.4) is 0 Å². The topological polar surface area (TPSA) is 81.8 Å². The van der Waals surface area contributed by atoms with E-state index in [0.717, 1.165) is 77.0 Å². The van der Waals surface area contributed by atoms with Crippen LogP contribution in [-0.4, -0.2) is 60.0 Å². The van der Waals surface area contributed by atoms with Crippen LogP contribution in [0, 0.1) is 17.6 Å². The lowest BCUT2D eigenvalue weighted by molar-refractivity contribution is 0.177. The molecule has 1 saturated heterocycles. The molecule has 1 aromatic carbocycles. The third-order valence-electron chi connectivity index (χ3n) is 6.19. The molecule has 0 unspecified atom stereocenters. The van der Waals surface area contributed by atoms with Crippen LogP contribution in [0.5, 0.6) is 0 Å². The smallest absolute Gasteiger partial charge is 0.404 e. The Morgan fingerprint density at radius 3 is 2.52 bits per heavy atom. The maximum atomic E-state index is 13.6. The van der Waals surface area contributed by atoms with Crippen LogP contribution in [-0.2, 0) is 0 Å². The number of aromatic nitrogens is 1. The first kappa shape index (κ1) is 19.9. The van der Waals surface area contributed by atoms with E-state index in [9.17, 15) is 13.6 Å². The monoisotopic (exact) mass is 408 g/mol.